The molecule has 10 heteroatoms. The molecule has 8 nitrogen and oxygen atoms in total. The van der Waals surface area contributed by atoms with E-state index >= 15 is 0 Å². The van der Waals surface area contributed by atoms with Gasteiger partial charge in [-0.25, -0.2) is 0 Å². The van der Waals surface area contributed by atoms with Crippen LogP contribution in [0.2, 0.25) is 0 Å². The summed E-state index contributed by atoms with van der Waals surface area (Å²) < 4.78 is 44.9. The van der Waals surface area contributed by atoms with Crippen LogP contribution in [-0.2, 0) is 28.4 Å². The summed E-state index contributed by atoms with van der Waals surface area (Å²) in [6.07, 6.45) is -0.877. The van der Waals surface area contributed by atoms with Crippen molar-refractivity contribution >= 4 is 31.9 Å². The fourth-order valence-electron chi connectivity index (χ4n) is 2.15. The van der Waals surface area contributed by atoms with Gasteiger partial charge in [0.2, 0.25) is 0 Å². The second kappa shape index (κ2) is 17.1. The van der Waals surface area contributed by atoms with Crippen LogP contribution < -0.4 is 9.47 Å². The molecule has 1 aromatic carbocycles. The molecule has 0 radical (unpaired) electrons. The van der Waals surface area contributed by atoms with Crippen molar-refractivity contribution in [3.05, 3.63) is 21.1 Å². The van der Waals surface area contributed by atoms with Gasteiger partial charge in [-0.3, -0.25) is 0 Å². The van der Waals surface area contributed by atoms with Crippen LogP contribution in [0.15, 0.2) is 21.1 Å². The van der Waals surface area contributed by atoms with Gasteiger partial charge in [0.1, 0.15) is 11.5 Å². The van der Waals surface area contributed by atoms with E-state index in [0.29, 0.717) is 64.4 Å². The van der Waals surface area contributed by atoms with Gasteiger partial charge < -0.3 is 37.9 Å². The highest BCUT2D eigenvalue weighted by atomic mass is 79.9. The highest BCUT2D eigenvalue weighted by molar-refractivity contribution is 9.11. The quantitative estimate of drug-likeness (QED) is 0.197. The van der Waals surface area contributed by atoms with Crippen molar-refractivity contribution in [2.45, 2.75) is 26.4 Å². The Morgan fingerprint density at radius 1 is 0.633 bits per heavy atom. The second-order valence-corrected chi connectivity index (χ2v) is 7.74. The molecule has 0 aliphatic heterocycles. The van der Waals surface area contributed by atoms with Gasteiger partial charge >= 0.3 is 0 Å². The molecule has 0 N–H and O–H groups in total. The molecule has 0 spiro atoms. The van der Waals surface area contributed by atoms with Crippen molar-refractivity contribution < 1.29 is 37.9 Å². The van der Waals surface area contributed by atoms with Crippen molar-refractivity contribution in [3.8, 4) is 11.5 Å². The Morgan fingerprint density at radius 3 is 1.37 bits per heavy atom. The van der Waals surface area contributed by atoms with E-state index < -0.39 is 12.6 Å². The van der Waals surface area contributed by atoms with Crippen LogP contribution in [0.4, 0.5) is 0 Å². The average molecular weight is 560 g/mol. The van der Waals surface area contributed by atoms with Crippen LogP contribution in [0, 0.1) is 0 Å². The van der Waals surface area contributed by atoms with Crippen molar-refractivity contribution in [2.75, 3.05) is 67.1 Å². The number of ether oxygens (including phenoxy) is 8. The van der Waals surface area contributed by atoms with E-state index in [1.807, 2.05) is 26.0 Å². The number of hydrogen-bond donors (Lipinski definition) is 0. The van der Waals surface area contributed by atoms with Crippen molar-refractivity contribution in [1.82, 2.24) is 0 Å². The first-order chi connectivity index (χ1) is 14.5. The van der Waals surface area contributed by atoms with E-state index in [1.54, 1.807) is 14.2 Å². The minimum atomic E-state index is -0.439. The number of rotatable bonds is 18. The zero-order valence-corrected chi connectivity index (χ0v) is 21.2. The summed E-state index contributed by atoms with van der Waals surface area (Å²) in [7, 11) is 3.27. The van der Waals surface area contributed by atoms with E-state index in [0.717, 1.165) is 8.95 Å². The zero-order chi connectivity index (χ0) is 22.2. The first-order valence-corrected chi connectivity index (χ1v) is 11.3. The molecular weight excluding hydrogens is 528 g/mol. The van der Waals surface area contributed by atoms with Gasteiger partial charge in [-0.05, 0) is 57.8 Å². The van der Waals surface area contributed by atoms with Crippen molar-refractivity contribution in [2.24, 2.45) is 0 Å². The van der Waals surface area contributed by atoms with E-state index in [9.17, 15) is 0 Å². The fourth-order valence-corrected chi connectivity index (χ4v) is 2.98. The third-order valence-electron chi connectivity index (χ3n) is 3.60. The molecule has 0 heterocycles. The topological polar surface area (TPSA) is 73.8 Å². The predicted octanol–water partition coefficient (Wildman–Crippen LogP) is 4.02. The summed E-state index contributed by atoms with van der Waals surface area (Å²) in [5.41, 5.74) is 0. The SMILES string of the molecule is COCCOCCOC(C)Oc1cc(Br)c(OC(C)OCCOCCOC)cc1Br. The first-order valence-electron chi connectivity index (χ1n) is 9.66. The maximum Gasteiger partial charge on any atom is 0.197 e. The summed E-state index contributed by atoms with van der Waals surface area (Å²) in [4.78, 5) is 0. The molecule has 0 aliphatic rings. The molecule has 30 heavy (non-hydrogen) atoms. The third kappa shape index (κ3) is 12.4. The van der Waals surface area contributed by atoms with Crippen molar-refractivity contribution in [1.29, 1.82) is 0 Å². The highest BCUT2D eigenvalue weighted by Gasteiger charge is 2.14. The van der Waals surface area contributed by atoms with Crippen LogP contribution >= 0.6 is 31.9 Å². The summed E-state index contributed by atoms with van der Waals surface area (Å²) >= 11 is 7.01. The number of benzene rings is 1. The molecule has 0 amide bonds. The van der Waals surface area contributed by atoms with Gasteiger partial charge in [-0.2, -0.15) is 0 Å². The second-order valence-electron chi connectivity index (χ2n) is 6.04. The largest absolute Gasteiger partial charge is 0.464 e. The lowest BCUT2D eigenvalue weighted by atomic mass is 10.3. The fraction of sp³-hybridized carbons (Fsp3) is 0.700. The number of halogens is 2. The molecular formula is C20H32Br2O8. The van der Waals surface area contributed by atoms with Gasteiger partial charge in [0.15, 0.2) is 12.6 Å². The Kier molecular flexibility index (Phi) is 15.8. The maximum atomic E-state index is 5.83. The first kappa shape index (κ1) is 27.6. The van der Waals surface area contributed by atoms with Crippen LogP contribution in [0.25, 0.3) is 0 Å². The molecule has 1 aromatic rings. The average Bonchev–Trinajstić information content (AvgIpc) is 2.71. The molecule has 2 unspecified atom stereocenters. The molecule has 0 fully saturated rings. The molecule has 2 atom stereocenters. The van der Waals surface area contributed by atoms with E-state index in [2.05, 4.69) is 31.9 Å². The zero-order valence-electron chi connectivity index (χ0n) is 18.0. The van der Waals surface area contributed by atoms with Gasteiger partial charge in [0.05, 0.1) is 61.8 Å². The Labute approximate surface area is 195 Å². The van der Waals surface area contributed by atoms with E-state index in [-0.39, 0.29) is 0 Å². The molecule has 0 saturated heterocycles. The third-order valence-corrected chi connectivity index (χ3v) is 4.84. The number of methoxy groups -OCH3 is 2. The van der Waals surface area contributed by atoms with Crippen LogP contribution in [0.1, 0.15) is 13.8 Å². The molecule has 174 valence electrons. The molecule has 0 saturated carbocycles. The lowest BCUT2D eigenvalue weighted by molar-refractivity contribution is -0.0875. The maximum absolute atomic E-state index is 5.83. The summed E-state index contributed by atoms with van der Waals surface area (Å²) in [6.45, 7) is 7.66. The molecule has 1 rings (SSSR count). The van der Waals surface area contributed by atoms with Gasteiger partial charge in [-0.15, -0.1) is 0 Å². The van der Waals surface area contributed by atoms with Crippen molar-refractivity contribution in [3.63, 3.8) is 0 Å². The monoisotopic (exact) mass is 558 g/mol. The summed E-state index contributed by atoms with van der Waals surface area (Å²) in [5.74, 6) is 1.25. The number of hydrogen-bond acceptors (Lipinski definition) is 8. The Hall–Kier alpha value is -0.460. The molecule has 0 aromatic heterocycles. The summed E-state index contributed by atoms with van der Waals surface area (Å²) in [5, 5.41) is 0. The lowest BCUT2D eigenvalue weighted by Crippen LogP contribution is -2.20. The summed E-state index contributed by atoms with van der Waals surface area (Å²) in [6, 6.07) is 3.63. The minimum absolute atomic E-state index is 0.425. The lowest BCUT2D eigenvalue weighted by Gasteiger charge is -2.20. The predicted molar refractivity (Wildman–Crippen MR) is 119 cm³/mol. The highest BCUT2D eigenvalue weighted by Crippen LogP contribution is 2.37. The van der Waals surface area contributed by atoms with Gasteiger partial charge in [-0.1, -0.05) is 0 Å². The van der Waals surface area contributed by atoms with Gasteiger partial charge in [0.25, 0.3) is 0 Å². The molecule has 0 aliphatic carbocycles. The minimum Gasteiger partial charge on any atom is -0.464 e. The Bertz CT molecular complexity index is 526. The Morgan fingerprint density at radius 2 is 1.00 bits per heavy atom. The molecule has 0 bridgehead atoms. The van der Waals surface area contributed by atoms with Gasteiger partial charge in [0, 0.05) is 14.2 Å². The van der Waals surface area contributed by atoms with Crippen LogP contribution in [-0.4, -0.2) is 79.7 Å². The van der Waals surface area contributed by atoms with Crippen LogP contribution in [0.3, 0.4) is 0 Å². The Balaban J connectivity index is 2.39. The smallest absolute Gasteiger partial charge is 0.197 e. The normalized spacial score (nSPS) is 13.3. The van der Waals surface area contributed by atoms with Crippen LogP contribution in [0.5, 0.6) is 11.5 Å². The van der Waals surface area contributed by atoms with E-state index in [1.165, 1.54) is 0 Å². The standard InChI is InChI=1S/C20H32Br2O8/c1-15(27-11-9-25-7-5-23-3)29-19-13-18(22)20(14-17(19)21)30-16(2)28-12-10-26-8-6-24-4/h13-16H,5-12H2,1-4H3. The van der Waals surface area contributed by atoms with E-state index in [4.69, 9.17) is 37.9 Å².